The maximum atomic E-state index is 5.58. The lowest BCUT2D eigenvalue weighted by Gasteiger charge is -1.96. The predicted molar refractivity (Wildman–Crippen MR) is 41.9 cm³/mol. The number of hydrogen-bond acceptors (Lipinski definition) is 5. The molecule has 0 spiro atoms. The van der Waals surface area contributed by atoms with Crippen molar-refractivity contribution in [2.45, 2.75) is 0 Å². The smallest absolute Gasteiger partial charge is 0.214 e. The molecule has 0 radical (unpaired) electrons. The van der Waals surface area contributed by atoms with Crippen LogP contribution in [0.15, 0.2) is 29.2 Å². The monoisotopic (exact) mass is 162 g/mol. The molecular weight excluding hydrogens is 156 g/mol. The topological polar surface area (TPSA) is 77.8 Å². The molecule has 0 bridgehead atoms. The van der Waals surface area contributed by atoms with Crippen LogP contribution in [0.5, 0.6) is 0 Å². The average molecular weight is 162 g/mol. The van der Waals surface area contributed by atoms with E-state index < -0.39 is 0 Å². The molecule has 0 aliphatic rings. The van der Waals surface area contributed by atoms with Gasteiger partial charge in [-0.2, -0.15) is 4.98 Å². The fourth-order valence-corrected chi connectivity index (χ4v) is 0.896. The maximum absolute atomic E-state index is 5.58. The van der Waals surface area contributed by atoms with Crippen molar-refractivity contribution in [2.24, 2.45) is 0 Å². The summed E-state index contributed by atoms with van der Waals surface area (Å²) in [6.45, 7) is 0. The first-order valence-electron chi connectivity index (χ1n) is 3.35. The second-order valence-electron chi connectivity index (χ2n) is 2.19. The van der Waals surface area contributed by atoms with E-state index in [1.807, 2.05) is 0 Å². The van der Waals surface area contributed by atoms with E-state index in [1.165, 1.54) is 6.39 Å². The normalized spacial score (nSPS) is 10.0. The van der Waals surface area contributed by atoms with Gasteiger partial charge in [-0.15, -0.1) is 0 Å². The summed E-state index contributed by atoms with van der Waals surface area (Å²) in [6, 6.07) is 3.55. The molecule has 60 valence electrons. The fourth-order valence-electron chi connectivity index (χ4n) is 0.896. The van der Waals surface area contributed by atoms with Gasteiger partial charge >= 0.3 is 0 Å². The minimum Gasteiger partial charge on any atom is -0.383 e. The van der Waals surface area contributed by atoms with Crippen LogP contribution in [-0.4, -0.2) is 15.1 Å². The van der Waals surface area contributed by atoms with E-state index in [1.54, 1.807) is 18.3 Å². The zero-order valence-corrected chi connectivity index (χ0v) is 6.14. The molecule has 5 heteroatoms. The van der Waals surface area contributed by atoms with Crippen LogP contribution < -0.4 is 5.73 Å². The first-order chi connectivity index (χ1) is 5.88. The second-order valence-corrected chi connectivity index (χ2v) is 2.19. The molecule has 0 aromatic carbocycles. The number of nitrogens with zero attached hydrogens (tertiary/aromatic N) is 3. The van der Waals surface area contributed by atoms with Crippen molar-refractivity contribution >= 4 is 5.82 Å². The molecule has 0 unspecified atom stereocenters. The van der Waals surface area contributed by atoms with Gasteiger partial charge in [0.05, 0.1) is 5.56 Å². The molecule has 0 atom stereocenters. The van der Waals surface area contributed by atoms with Gasteiger partial charge < -0.3 is 10.3 Å². The van der Waals surface area contributed by atoms with Crippen molar-refractivity contribution in [3.8, 4) is 11.4 Å². The van der Waals surface area contributed by atoms with Crippen LogP contribution in [0.1, 0.15) is 0 Å². The summed E-state index contributed by atoms with van der Waals surface area (Å²) >= 11 is 0. The molecule has 2 N–H and O–H groups in total. The summed E-state index contributed by atoms with van der Waals surface area (Å²) in [7, 11) is 0. The Labute approximate surface area is 68.2 Å². The largest absolute Gasteiger partial charge is 0.383 e. The molecule has 2 rings (SSSR count). The van der Waals surface area contributed by atoms with Gasteiger partial charge in [-0.25, -0.2) is 4.98 Å². The van der Waals surface area contributed by atoms with E-state index in [4.69, 9.17) is 5.73 Å². The first-order valence-corrected chi connectivity index (χ1v) is 3.35. The van der Waals surface area contributed by atoms with Crippen LogP contribution in [0.25, 0.3) is 11.4 Å². The Balaban J connectivity index is 2.55. The van der Waals surface area contributed by atoms with Crippen LogP contribution in [0.3, 0.4) is 0 Å². The van der Waals surface area contributed by atoms with E-state index in [-0.39, 0.29) is 0 Å². The average Bonchev–Trinajstić information content (AvgIpc) is 2.57. The maximum Gasteiger partial charge on any atom is 0.214 e. The van der Waals surface area contributed by atoms with Crippen molar-refractivity contribution in [1.29, 1.82) is 0 Å². The predicted octanol–water partition coefficient (Wildman–Crippen LogP) is 0.714. The van der Waals surface area contributed by atoms with Gasteiger partial charge in [0.1, 0.15) is 5.82 Å². The van der Waals surface area contributed by atoms with Crippen molar-refractivity contribution in [3.05, 3.63) is 24.7 Å². The number of nitrogens with two attached hydrogens (primary N) is 1. The summed E-state index contributed by atoms with van der Waals surface area (Å²) in [5.41, 5.74) is 6.27. The zero-order chi connectivity index (χ0) is 8.39. The van der Waals surface area contributed by atoms with Crippen molar-refractivity contribution in [3.63, 3.8) is 0 Å². The number of rotatable bonds is 1. The number of pyridine rings is 1. The Kier molecular flexibility index (Phi) is 1.48. The van der Waals surface area contributed by atoms with Gasteiger partial charge in [0.2, 0.25) is 12.2 Å². The Hall–Kier alpha value is -1.91. The van der Waals surface area contributed by atoms with E-state index in [9.17, 15) is 0 Å². The van der Waals surface area contributed by atoms with Crippen molar-refractivity contribution in [1.82, 2.24) is 15.1 Å². The molecule has 0 saturated heterocycles. The Bertz CT molecular complexity index is 371. The van der Waals surface area contributed by atoms with Crippen LogP contribution in [0, 0.1) is 0 Å². The summed E-state index contributed by atoms with van der Waals surface area (Å²) in [6.07, 6.45) is 2.86. The highest BCUT2D eigenvalue weighted by Crippen LogP contribution is 2.18. The molecule has 2 aromatic rings. The number of hydrogen-bond donors (Lipinski definition) is 1. The van der Waals surface area contributed by atoms with Crippen LogP contribution in [-0.2, 0) is 0 Å². The molecule has 0 fully saturated rings. The van der Waals surface area contributed by atoms with E-state index >= 15 is 0 Å². The lowest BCUT2D eigenvalue weighted by molar-refractivity contribution is 0.419. The number of anilines is 1. The molecular formula is C7H6N4O. The SMILES string of the molecule is Nc1ncccc1-c1ncon1. The standard InChI is InChI=1S/C7H6N4O/c8-6-5(2-1-3-9-6)7-10-4-12-11-7/h1-4H,(H2,8,9). The second kappa shape index (κ2) is 2.61. The van der Waals surface area contributed by atoms with Crippen LogP contribution in [0.4, 0.5) is 5.82 Å². The molecule has 12 heavy (non-hydrogen) atoms. The zero-order valence-electron chi connectivity index (χ0n) is 6.14. The highest BCUT2D eigenvalue weighted by atomic mass is 16.5. The lowest BCUT2D eigenvalue weighted by atomic mass is 10.2. The van der Waals surface area contributed by atoms with Crippen molar-refractivity contribution < 1.29 is 4.52 Å². The number of nitrogen functional groups attached to an aromatic ring is 1. The summed E-state index contributed by atoms with van der Waals surface area (Å²) in [5.74, 6) is 0.861. The molecule has 5 nitrogen and oxygen atoms in total. The summed E-state index contributed by atoms with van der Waals surface area (Å²) in [5, 5.41) is 3.64. The highest BCUT2D eigenvalue weighted by Gasteiger charge is 2.05. The van der Waals surface area contributed by atoms with Gasteiger partial charge in [0.15, 0.2) is 0 Å². The van der Waals surface area contributed by atoms with Gasteiger partial charge in [0.25, 0.3) is 0 Å². The third-order valence-corrected chi connectivity index (χ3v) is 1.44. The molecule has 0 amide bonds. The number of aromatic nitrogens is 3. The third kappa shape index (κ3) is 1.01. The van der Waals surface area contributed by atoms with Gasteiger partial charge in [0, 0.05) is 6.20 Å². The molecule has 0 aliphatic heterocycles. The lowest BCUT2D eigenvalue weighted by Crippen LogP contribution is -1.93. The third-order valence-electron chi connectivity index (χ3n) is 1.44. The van der Waals surface area contributed by atoms with Gasteiger partial charge in [-0.05, 0) is 12.1 Å². The Morgan fingerprint density at radius 1 is 1.33 bits per heavy atom. The minimum absolute atomic E-state index is 0.402. The van der Waals surface area contributed by atoms with E-state index in [2.05, 4.69) is 19.6 Å². The molecule has 0 saturated carbocycles. The molecule has 2 heterocycles. The van der Waals surface area contributed by atoms with Crippen LogP contribution >= 0.6 is 0 Å². The molecule has 0 aliphatic carbocycles. The quantitative estimate of drug-likeness (QED) is 0.668. The van der Waals surface area contributed by atoms with E-state index in [0.29, 0.717) is 17.2 Å². The Morgan fingerprint density at radius 2 is 2.25 bits per heavy atom. The van der Waals surface area contributed by atoms with Gasteiger partial charge in [-0.1, -0.05) is 5.16 Å². The van der Waals surface area contributed by atoms with Gasteiger partial charge in [-0.3, -0.25) is 0 Å². The van der Waals surface area contributed by atoms with Crippen LogP contribution in [0.2, 0.25) is 0 Å². The first kappa shape index (κ1) is 6.78. The minimum atomic E-state index is 0.402. The molecule has 2 aromatic heterocycles. The Morgan fingerprint density at radius 3 is 2.92 bits per heavy atom. The van der Waals surface area contributed by atoms with Crippen molar-refractivity contribution in [2.75, 3.05) is 5.73 Å². The highest BCUT2D eigenvalue weighted by molar-refractivity contribution is 5.66. The summed E-state index contributed by atoms with van der Waals surface area (Å²) < 4.78 is 4.58. The fraction of sp³-hybridized carbons (Fsp3) is 0. The summed E-state index contributed by atoms with van der Waals surface area (Å²) in [4.78, 5) is 7.74. The van der Waals surface area contributed by atoms with E-state index in [0.717, 1.165) is 0 Å².